The molecular formula is C8H10F3N3S. The molecule has 0 bridgehead atoms. The number of hydrogen-bond donors (Lipinski definition) is 2. The molecule has 0 radical (unpaired) electrons. The van der Waals surface area contributed by atoms with Crippen molar-refractivity contribution in [3.63, 3.8) is 0 Å². The molecule has 1 heterocycles. The van der Waals surface area contributed by atoms with Gasteiger partial charge in [-0.2, -0.15) is 13.2 Å². The number of anilines is 2. The first-order chi connectivity index (χ1) is 6.97. The summed E-state index contributed by atoms with van der Waals surface area (Å²) in [6.07, 6.45) is 1.49. The quantitative estimate of drug-likeness (QED) is 0.789. The lowest BCUT2D eigenvalue weighted by Gasteiger charge is -2.07. The van der Waals surface area contributed by atoms with Crippen molar-refractivity contribution < 1.29 is 13.2 Å². The third-order valence-electron chi connectivity index (χ3n) is 1.48. The van der Waals surface area contributed by atoms with Gasteiger partial charge in [-0.15, -0.1) is 0 Å². The summed E-state index contributed by atoms with van der Waals surface area (Å²) in [6, 6.07) is 3.22. The van der Waals surface area contributed by atoms with Gasteiger partial charge in [0.25, 0.3) is 0 Å². The average molecular weight is 237 g/mol. The highest BCUT2D eigenvalue weighted by atomic mass is 32.2. The Kier molecular flexibility index (Phi) is 4.07. The molecule has 1 aromatic heterocycles. The van der Waals surface area contributed by atoms with Gasteiger partial charge in [0.2, 0.25) is 0 Å². The maximum atomic E-state index is 11.8. The van der Waals surface area contributed by atoms with E-state index in [9.17, 15) is 13.2 Å². The van der Waals surface area contributed by atoms with Crippen LogP contribution in [0.5, 0.6) is 0 Å². The van der Waals surface area contributed by atoms with Crippen molar-refractivity contribution in [2.75, 3.05) is 23.3 Å². The fraction of sp³-hybridized carbons (Fsp3) is 0.375. The first kappa shape index (κ1) is 12.0. The highest BCUT2D eigenvalue weighted by Crippen LogP contribution is 2.29. The molecule has 3 nitrogen and oxygen atoms in total. The Morgan fingerprint density at radius 1 is 1.47 bits per heavy atom. The van der Waals surface area contributed by atoms with Crippen molar-refractivity contribution in [2.24, 2.45) is 0 Å². The molecule has 3 N–H and O–H groups in total. The van der Waals surface area contributed by atoms with Crippen LogP contribution in [0.3, 0.4) is 0 Å². The van der Waals surface area contributed by atoms with Gasteiger partial charge in [-0.05, 0) is 17.8 Å². The summed E-state index contributed by atoms with van der Waals surface area (Å²) in [6.45, 7) is 0.230. The Balaban J connectivity index is 2.26. The summed E-state index contributed by atoms with van der Waals surface area (Å²) in [7, 11) is 0. The average Bonchev–Trinajstić information content (AvgIpc) is 2.11. The number of nitrogens with zero attached hydrogens (tertiary/aromatic N) is 1. The maximum Gasteiger partial charge on any atom is 0.441 e. The van der Waals surface area contributed by atoms with Crippen LogP contribution < -0.4 is 11.1 Å². The van der Waals surface area contributed by atoms with Gasteiger partial charge in [0.05, 0.1) is 0 Å². The SMILES string of the molecule is Nc1cc(NCCSC(F)(F)F)ccn1. The topological polar surface area (TPSA) is 50.9 Å². The molecule has 0 fully saturated rings. The zero-order chi connectivity index (χ0) is 11.3. The number of nitrogen functional groups attached to an aromatic ring is 1. The van der Waals surface area contributed by atoms with Crippen LogP contribution in [-0.4, -0.2) is 22.8 Å². The van der Waals surface area contributed by atoms with Crippen molar-refractivity contribution in [3.05, 3.63) is 18.3 Å². The van der Waals surface area contributed by atoms with Crippen molar-refractivity contribution in [1.82, 2.24) is 4.98 Å². The number of alkyl halides is 3. The van der Waals surface area contributed by atoms with Crippen LogP contribution in [0.25, 0.3) is 0 Å². The molecule has 0 amide bonds. The lowest BCUT2D eigenvalue weighted by atomic mass is 10.4. The van der Waals surface area contributed by atoms with Gasteiger partial charge >= 0.3 is 5.51 Å². The van der Waals surface area contributed by atoms with E-state index in [0.717, 1.165) is 0 Å². The maximum absolute atomic E-state index is 11.8. The summed E-state index contributed by atoms with van der Waals surface area (Å²) in [5, 5.41) is 2.82. The third kappa shape index (κ3) is 5.36. The summed E-state index contributed by atoms with van der Waals surface area (Å²) >= 11 is -0.0524. The fourth-order valence-electron chi connectivity index (χ4n) is 0.920. The van der Waals surface area contributed by atoms with E-state index in [4.69, 9.17) is 5.73 Å². The Morgan fingerprint density at radius 3 is 2.80 bits per heavy atom. The molecule has 0 aliphatic carbocycles. The summed E-state index contributed by atoms with van der Waals surface area (Å²) in [4.78, 5) is 3.76. The van der Waals surface area contributed by atoms with Crippen molar-refractivity contribution in [1.29, 1.82) is 0 Å². The van der Waals surface area contributed by atoms with E-state index in [1.807, 2.05) is 0 Å². The summed E-state index contributed by atoms with van der Waals surface area (Å²) in [5.41, 5.74) is 1.90. The lowest BCUT2D eigenvalue weighted by Crippen LogP contribution is -2.09. The molecule has 15 heavy (non-hydrogen) atoms. The second-order valence-corrected chi connectivity index (χ2v) is 3.85. The monoisotopic (exact) mass is 237 g/mol. The largest absolute Gasteiger partial charge is 0.441 e. The number of nitrogens with two attached hydrogens (primary N) is 1. The zero-order valence-electron chi connectivity index (χ0n) is 7.71. The van der Waals surface area contributed by atoms with Crippen LogP contribution in [-0.2, 0) is 0 Å². The molecule has 0 saturated heterocycles. The Hall–Kier alpha value is -1.11. The van der Waals surface area contributed by atoms with E-state index in [1.54, 1.807) is 12.1 Å². The smallest absolute Gasteiger partial charge is 0.384 e. The van der Waals surface area contributed by atoms with Crippen molar-refractivity contribution in [2.45, 2.75) is 5.51 Å². The first-order valence-electron chi connectivity index (χ1n) is 4.13. The molecule has 7 heteroatoms. The Labute approximate surface area is 89.3 Å². The number of hydrogen-bond acceptors (Lipinski definition) is 4. The molecule has 0 aromatic carbocycles. The molecule has 0 saturated carbocycles. The van der Waals surface area contributed by atoms with Gasteiger partial charge in [-0.25, -0.2) is 4.98 Å². The van der Waals surface area contributed by atoms with E-state index in [2.05, 4.69) is 10.3 Å². The van der Waals surface area contributed by atoms with Crippen LogP contribution in [0, 0.1) is 0 Å². The Bertz CT molecular complexity index is 316. The van der Waals surface area contributed by atoms with Gasteiger partial charge < -0.3 is 11.1 Å². The van der Waals surface area contributed by atoms with Crippen LogP contribution >= 0.6 is 11.8 Å². The molecule has 84 valence electrons. The minimum Gasteiger partial charge on any atom is -0.384 e. The van der Waals surface area contributed by atoms with Crippen molar-refractivity contribution in [3.8, 4) is 0 Å². The standard InChI is InChI=1S/C8H10F3N3S/c9-8(10,11)15-4-3-13-6-1-2-14-7(12)5-6/h1-2,5H,3-4H2,(H3,12,13,14). The van der Waals surface area contributed by atoms with Crippen LogP contribution in [0.4, 0.5) is 24.7 Å². The van der Waals surface area contributed by atoms with Gasteiger partial charge in [0, 0.05) is 30.2 Å². The molecule has 1 rings (SSSR count). The summed E-state index contributed by atoms with van der Waals surface area (Å²) < 4.78 is 35.3. The number of aromatic nitrogens is 1. The molecule has 0 aliphatic rings. The number of nitrogens with one attached hydrogen (secondary N) is 1. The van der Waals surface area contributed by atoms with Gasteiger partial charge in [-0.1, -0.05) is 0 Å². The third-order valence-corrected chi connectivity index (χ3v) is 2.21. The molecular weight excluding hydrogens is 227 g/mol. The van der Waals surface area contributed by atoms with Gasteiger partial charge in [-0.3, -0.25) is 0 Å². The minimum absolute atomic E-state index is 0.0360. The molecule has 0 unspecified atom stereocenters. The predicted octanol–water partition coefficient (Wildman–Crippen LogP) is 2.33. The Morgan fingerprint density at radius 2 is 2.20 bits per heavy atom. The molecule has 0 spiro atoms. The highest BCUT2D eigenvalue weighted by molar-refractivity contribution is 8.00. The first-order valence-corrected chi connectivity index (χ1v) is 5.12. The summed E-state index contributed by atoms with van der Waals surface area (Å²) in [5.74, 6) is 0.301. The normalized spacial score (nSPS) is 11.4. The lowest BCUT2D eigenvalue weighted by molar-refractivity contribution is -0.0327. The number of pyridine rings is 1. The number of thioether (sulfide) groups is 1. The van der Waals surface area contributed by atoms with Gasteiger partial charge in [0.15, 0.2) is 0 Å². The molecule has 1 aromatic rings. The molecule has 0 aliphatic heterocycles. The second kappa shape index (κ2) is 5.11. The van der Waals surface area contributed by atoms with E-state index in [0.29, 0.717) is 11.5 Å². The molecule has 0 atom stereocenters. The number of rotatable bonds is 4. The predicted molar refractivity (Wildman–Crippen MR) is 55.7 cm³/mol. The van der Waals surface area contributed by atoms with Crippen LogP contribution in [0.1, 0.15) is 0 Å². The van der Waals surface area contributed by atoms with E-state index in [1.165, 1.54) is 6.20 Å². The highest BCUT2D eigenvalue weighted by Gasteiger charge is 2.27. The van der Waals surface area contributed by atoms with E-state index in [-0.39, 0.29) is 24.1 Å². The van der Waals surface area contributed by atoms with E-state index >= 15 is 0 Å². The van der Waals surface area contributed by atoms with Gasteiger partial charge in [0.1, 0.15) is 5.82 Å². The number of halogens is 3. The van der Waals surface area contributed by atoms with E-state index < -0.39 is 5.51 Å². The zero-order valence-corrected chi connectivity index (χ0v) is 8.53. The van der Waals surface area contributed by atoms with Crippen molar-refractivity contribution >= 4 is 23.3 Å². The fourth-order valence-corrected chi connectivity index (χ4v) is 1.36. The van der Waals surface area contributed by atoms with Crippen LogP contribution in [0.2, 0.25) is 0 Å². The van der Waals surface area contributed by atoms with Crippen LogP contribution in [0.15, 0.2) is 18.3 Å². The minimum atomic E-state index is -4.17. The second-order valence-electron chi connectivity index (χ2n) is 2.69.